The van der Waals surface area contributed by atoms with Crippen molar-refractivity contribution in [1.82, 2.24) is 24.6 Å². The highest BCUT2D eigenvalue weighted by atomic mass is 35.5. The Bertz CT molecular complexity index is 766. The van der Waals surface area contributed by atoms with Gasteiger partial charge >= 0.3 is 0 Å². The molecule has 0 N–H and O–H groups in total. The maximum Gasteiger partial charge on any atom is 0.199 e. The minimum Gasteiger partial charge on any atom is -0.274 e. The predicted molar refractivity (Wildman–Crippen MR) is 68.5 cm³/mol. The second-order valence-electron chi connectivity index (χ2n) is 4.12. The fourth-order valence-electron chi connectivity index (χ4n) is 1.85. The summed E-state index contributed by atoms with van der Waals surface area (Å²) in [5, 5.41) is 8.35. The van der Waals surface area contributed by atoms with Crippen LogP contribution >= 0.6 is 11.6 Å². The third-order valence-corrected chi connectivity index (χ3v) is 3.18. The molecule has 7 heteroatoms. The molecular formula is C12H9ClFN5. The van der Waals surface area contributed by atoms with Gasteiger partial charge in [0.05, 0.1) is 11.9 Å². The van der Waals surface area contributed by atoms with E-state index in [2.05, 4.69) is 20.2 Å². The zero-order chi connectivity index (χ0) is 13.6. The zero-order valence-corrected chi connectivity index (χ0v) is 11.0. The van der Waals surface area contributed by atoms with Crippen LogP contribution in [0.5, 0.6) is 0 Å². The van der Waals surface area contributed by atoms with E-state index in [1.807, 2.05) is 13.8 Å². The maximum atomic E-state index is 12.9. The molecule has 0 amide bonds. The summed E-state index contributed by atoms with van der Waals surface area (Å²) in [5.41, 5.74) is 2.63. The fraction of sp³-hybridized carbons (Fsp3) is 0.167. The summed E-state index contributed by atoms with van der Waals surface area (Å²) in [6.07, 6.45) is 1.14. The SMILES string of the molecule is Cc1nc(Cl)c2nnc(-c3ccc(F)cn3)n2c1C. The molecule has 3 heterocycles. The molecule has 0 spiro atoms. The summed E-state index contributed by atoms with van der Waals surface area (Å²) in [6, 6.07) is 2.88. The van der Waals surface area contributed by atoms with E-state index in [0.717, 1.165) is 17.6 Å². The second-order valence-corrected chi connectivity index (χ2v) is 4.48. The van der Waals surface area contributed by atoms with Crippen LogP contribution in [0.25, 0.3) is 17.2 Å². The van der Waals surface area contributed by atoms with Crippen LogP contribution in [0.2, 0.25) is 5.15 Å². The molecule has 19 heavy (non-hydrogen) atoms. The smallest absolute Gasteiger partial charge is 0.199 e. The first kappa shape index (κ1) is 12.0. The molecule has 0 aliphatic carbocycles. The molecular weight excluding hydrogens is 269 g/mol. The Morgan fingerprint density at radius 1 is 1.21 bits per heavy atom. The van der Waals surface area contributed by atoms with Crippen LogP contribution in [0.1, 0.15) is 11.4 Å². The Kier molecular flexibility index (Phi) is 2.67. The van der Waals surface area contributed by atoms with Gasteiger partial charge in [0, 0.05) is 5.69 Å². The van der Waals surface area contributed by atoms with Gasteiger partial charge in [-0.1, -0.05) is 11.6 Å². The molecule has 0 unspecified atom stereocenters. The molecule has 0 radical (unpaired) electrons. The van der Waals surface area contributed by atoms with Gasteiger partial charge in [-0.15, -0.1) is 10.2 Å². The summed E-state index contributed by atoms with van der Waals surface area (Å²) in [4.78, 5) is 8.19. The lowest BCUT2D eigenvalue weighted by atomic mass is 10.3. The van der Waals surface area contributed by atoms with Gasteiger partial charge in [0.25, 0.3) is 0 Å². The molecule has 3 rings (SSSR count). The third-order valence-electron chi connectivity index (χ3n) is 2.93. The monoisotopic (exact) mass is 277 g/mol. The van der Waals surface area contributed by atoms with Gasteiger partial charge in [-0.25, -0.2) is 14.4 Å². The van der Waals surface area contributed by atoms with Crippen LogP contribution in [-0.2, 0) is 0 Å². The molecule has 0 atom stereocenters. The topological polar surface area (TPSA) is 56.0 Å². The first-order chi connectivity index (χ1) is 9.08. The average Bonchev–Trinajstić information content (AvgIpc) is 2.82. The zero-order valence-electron chi connectivity index (χ0n) is 10.2. The van der Waals surface area contributed by atoms with Crippen molar-refractivity contribution in [2.75, 3.05) is 0 Å². The van der Waals surface area contributed by atoms with Gasteiger partial charge in [0.2, 0.25) is 0 Å². The van der Waals surface area contributed by atoms with Crippen molar-refractivity contribution in [2.24, 2.45) is 0 Å². The van der Waals surface area contributed by atoms with Crippen molar-refractivity contribution in [3.05, 3.63) is 40.7 Å². The van der Waals surface area contributed by atoms with E-state index >= 15 is 0 Å². The minimum atomic E-state index is -0.398. The van der Waals surface area contributed by atoms with Crippen LogP contribution in [0.4, 0.5) is 4.39 Å². The van der Waals surface area contributed by atoms with Crippen molar-refractivity contribution < 1.29 is 4.39 Å². The Labute approximate surface area is 113 Å². The summed E-state index contributed by atoms with van der Waals surface area (Å²) in [5.74, 6) is 0.116. The number of aromatic nitrogens is 5. The molecule has 3 aromatic heterocycles. The molecule has 0 aliphatic rings. The van der Waals surface area contributed by atoms with Crippen molar-refractivity contribution in [1.29, 1.82) is 0 Å². The number of hydrogen-bond acceptors (Lipinski definition) is 4. The van der Waals surface area contributed by atoms with Gasteiger partial charge in [0.1, 0.15) is 11.5 Å². The molecule has 0 fully saturated rings. The number of halogens is 2. The number of pyridine rings is 1. The summed E-state index contributed by atoms with van der Waals surface area (Å²) < 4.78 is 14.7. The Balaban J connectivity index is 2.34. The number of aryl methyl sites for hydroxylation is 2. The number of nitrogens with zero attached hydrogens (tertiary/aromatic N) is 5. The van der Waals surface area contributed by atoms with E-state index < -0.39 is 5.82 Å². The van der Waals surface area contributed by atoms with Crippen molar-refractivity contribution in [3.8, 4) is 11.5 Å². The lowest BCUT2D eigenvalue weighted by Crippen LogP contribution is -2.01. The van der Waals surface area contributed by atoms with E-state index in [4.69, 9.17) is 11.6 Å². The molecule has 0 saturated carbocycles. The molecule has 0 aromatic carbocycles. The van der Waals surface area contributed by atoms with Gasteiger partial charge < -0.3 is 0 Å². The van der Waals surface area contributed by atoms with Crippen LogP contribution in [0, 0.1) is 19.7 Å². The Hall–Kier alpha value is -2.08. The normalized spacial score (nSPS) is 11.2. The quantitative estimate of drug-likeness (QED) is 0.686. The highest BCUT2D eigenvalue weighted by Crippen LogP contribution is 2.23. The second kappa shape index (κ2) is 4.24. The standard InChI is InChI=1S/C12H9ClFN5/c1-6-7(2)19-11(9-4-3-8(14)5-15-9)17-18-12(19)10(13)16-6/h3-5H,1-2H3. The third kappa shape index (κ3) is 1.84. The number of fused-ring (bicyclic) bond motifs is 1. The van der Waals surface area contributed by atoms with Crippen LogP contribution in [0.3, 0.4) is 0 Å². The highest BCUT2D eigenvalue weighted by molar-refractivity contribution is 6.32. The van der Waals surface area contributed by atoms with Gasteiger partial charge in [-0.2, -0.15) is 0 Å². The van der Waals surface area contributed by atoms with Crippen LogP contribution in [0.15, 0.2) is 18.3 Å². The summed E-state index contributed by atoms with van der Waals surface area (Å²) >= 11 is 6.05. The van der Waals surface area contributed by atoms with Crippen molar-refractivity contribution >= 4 is 17.2 Å². The Morgan fingerprint density at radius 3 is 2.68 bits per heavy atom. The fourth-order valence-corrected chi connectivity index (χ4v) is 2.10. The maximum absolute atomic E-state index is 12.9. The molecule has 0 aliphatic heterocycles. The van der Waals surface area contributed by atoms with Crippen LogP contribution in [-0.4, -0.2) is 24.6 Å². The predicted octanol–water partition coefficient (Wildman–Crippen LogP) is 2.60. The minimum absolute atomic E-state index is 0.281. The van der Waals surface area contributed by atoms with Crippen LogP contribution < -0.4 is 0 Å². The number of rotatable bonds is 1. The molecule has 5 nitrogen and oxygen atoms in total. The lowest BCUT2D eigenvalue weighted by Gasteiger charge is -2.06. The summed E-state index contributed by atoms with van der Waals surface area (Å²) in [6.45, 7) is 3.74. The lowest BCUT2D eigenvalue weighted by molar-refractivity contribution is 0.621. The molecule has 0 bridgehead atoms. The average molecular weight is 278 g/mol. The molecule has 96 valence electrons. The molecule has 0 saturated heterocycles. The first-order valence-electron chi connectivity index (χ1n) is 5.57. The largest absolute Gasteiger partial charge is 0.274 e. The number of hydrogen-bond donors (Lipinski definition) is 0. The van der Waals surface area contributed by atoms with Crippen molar-refractivity contribution in [2.45, 2.75) is 13.8 Å². The van der Waals surface area contributed by atoms with E-state index in [0.29, 0.717) is 17.2 Å². The first-order valence-corrected chi connectivity index (χ1v) is 5.95. The van der Waals surface area contributed by atoms with E-state index in [-0.39, 0.29) is 5.15 Å². The van der Waals surface area contributed by atoms with Gasteiger partial charge in [0.15, 0.2) is 16.6 Å². The van der Waals surface area contributed by atoms with Crippen molar-refractivity contribution in [3.63, 3.8) is 0 Å². The van der Waals surface area contributed by atoms with Gasteiger partial charge in [-0.3, -0.25) is 4.40 Å². The molecule has 3 aromatic rings. The Morgan fingerprint density at radius 2 is 2.00 bits per heavy atom. The van der Waals surface area contributed by atoms with E-state index in [1.54, 1.807) is 10.5 Å². The van der Waals surface area contributed by atoms with E-state index in [9.17, 15) is 4.39 Å². The summed E-state index contributed by atoms with van der Waals surface area (Å²) in [7, 11) is 0. The highest BCUT2D eigenvalue weighted by Gasteiger charge is 2.16. The van der Waals surface area contributed by atoms with E-state index in [1.165, 1.54) is 6.07 Å². The van der Waals surface area contributed by atoms with Gasteiger partial charge in [-0.05, 0) is 26.0 Å².